The van der Waals surface area contributed by atoms with E-state index in [1.165, 1.54) is 0 Å². The van der Waals surface area contributed by atoms with E-state index in [-0.39, 0.29) is 6.10 Å². The Balaban J connectivity index is 1.71. The maximum Gasteiger partial charge on any atom is 0.119 e. The maximum absolute atomic E-state index is 8.75. The van der Waals surface area contributed by atoms with Crippen molar-refractivity contribution < 1.29 is 9.47 Å². The van der Waals surface area contributed by atoms with E-state index < -0.39 is 0 Å². The summed E-state index contributed by atoms with van der Waals surface area (Å²) in [6, 6.07) is 9.33. The molecule has 2 rings (SSSR count). The molecule has 0 spiro atoms. The van der Waals surface area contributed by atoms with Crippen molar-refractivity contribution in [3.8, 4) is 11.8 Å². The maximum atomic E-state index is 8.75. The van der Waals surface area contributed by atoms with E-state index in [0.29, 0.717) is 12.2 Å². The zero-order valence-electron chi connectivity index (χ0n) is 12.8. The van der Waals surface area contributed by atoms with Gasteiger partial charge in [-0.15, -0.1) is 0 Å². The summed E-state index contributed by atoms with van der Waals surface area (Å²) in [6.45, 7) is 5.20. The van der Waals surface area contributed by atoms with E-state index in [1.54, 1.807) is 12.1 Å². The number of ether oxygens (including phenoxy) is 2. The van der Waals surface area contributed by atoms with Crippen LogP contribution in [-0.2, 0) is 4.74 Å². The van der Waals surface area contributed by atoms with Gasteiger partial charge in [-0.25, -0.2) is 0 Å². The fraction of sp³-hybridized carbons (Fsp3) is 0.562. The summed E-state index contributed by atoms with van der Waals surface area (Å²) in [5, 5.41) is 8.75. The Morgan fingerprint density at radius 3 is 2.81 bits per heavy atom. The summed E-state index contributed by atoms with van der Waals surface area (Å²) in [5.41, 5.74) is 0.655. The Labute approximate surface area is 126 Å². The predicted molar refractivity (Wildman–Crippen MR) is 81.4 cm³/mol. The molecule has 0 aromatic heterocycles. The van der Waals surface area contributed by atoms with Crippen LogP contribution in [0.2, 0.25) is 0 Å². The molecule has 5 nitrogen and oxygen atoms in total. The Morgan fingerprint density at radius 2 is 2.14 bits per heavy atom. The van der Waals surface area contributed by atoms with Gasteiger partial charge >= 0.3 is 0 Å². The van der Waals surface area contributed by atoms with E-state index in [1.807, 2.05) is 12.1 Å². The van der Waals surface area contributed by atoms with Crippen molar-refractivity contribution in [2.45, 2.75) is 6.10 Å². The lowest BCUT2D eigenvalue weighted by atomic mass is 10.2. The van der Waals surface area contributed by atoms with Crippen molar-refractivity contribution in [2.75, 3.05) is 53.5 Å². The van der Waals surface area contributed by atoms with Crippen LogP contribution in [0.4, 0.5) is 0 Å². The van der Waals surface area contributed by atoms with Gasteiger partial charge in [-0.3, -0.25) is 4.90 Å². The lowest BCUT2D eigenvalue weighted by Crippen LogP contribution is -2.47. The molecule has 1 saturated heterocycles. The number of hydrogen-bond donors (Lipinski definition) is 0. The highest BCUT2D eigenvalue weighted by Gasteiger charge is 2.20. The third-order valence-corrected chi connectivity index (χ3v) is 3.45. The van der Waals surface area contributed by atoms with Crippen molar-refractivity contribution in [3.63, 3.8) is 0 Å². The Morgan fingerprint density at radius 1 is 1.38 bits per heavy atom. The molecule has 0 N–H and O–H groups in total. The molecule has 1 heterocycles. The van der Waals surface area contributed by atoms with Gasteiger partial charge in [0.05, 0.1) is 24.3 Å². The second kappa shape index (κ2) is 7.99. The van der Waals surface area contributed by atoms with Crippen LogP contribution in [0.3, 0.4) is 0 Å². The molecular weight excluding hydrogens is 266 g/mol. The largest absolute Gasteiger partial charge is 0.492 e. The minimum Gasteiger partial charge on any atom is -0.492 e. The number of likely N-dealkylation sites (N-methyl/N-ethyl adjacent to an activating group) is 1. The first-order valence-corrected chi connectivity index (χ1v) is 7.29. The molecule has 0 unspecified atom stereocenters. The molecule has 21 heavy (non-hydrogen) atoms. The van der Waals surface area contributed by atoms with Gasteiger partial charge in [0.15, 0.2) is 0 Å². The Bertz CT molecular complexity index is 467. The fourth-order valence-corrected chi connectivity index (χ4v) is 2.42. The minimum atomic E-state index is 0.281. The van der Waals surface area contributed by atoms with Crippen LogP contribution < -0.4 is 4.74 Å². The highest BCUT2D eigenvalue weighted by molar-refractivity contribution is 5.34. The molecule has 0 saturated carbocycles. The van der Waals surface area contributed by atoms with Gasteiger partial charge in [0.1, 0.15) is 12.4 Å². The van der Waals surface area contributed by atoms with E-state index in [2.05, 4.69) is 30.0 Å². The molecule has 1 fully saturated rings. The lowest BCUT2D eigenvalue weighted by Gasteiger charge is -2.34. The van der Waals surface area contributed by atoms with Crippen LogP contribution in [0.25, 0.3) is 0 Å². The quantitative estimate of drug-likeness (QED) is 0.787. The first-order valence-electron chi connectivity index (χ1n) is 7.29. The van der Waals surface area contributed by atoms with Crippen molar-refractivity contribution in [2.24, 2.45) is 0 Å². The summed E-state index contributed by atoms with van der Waals surface area (Å²) in [7, 11) is 4.13. The molecule has 114 valence electrons. The van der Waals surface area contributed by atoms with Gasteiger partial charge in [-0.1, -0.05) is 0 Å². The summed E-state index contributed by atoms with van der Waals surface area (Å²) in [4.78, 5) is 4.53. The van der Waals surface area contributed by atoms with E-state index in [0.717, 1.165) is 38.5 Å². The molecule has 0 amide bonds. The van der Waals surface area contributed by atoms with Crippen molar-refractivity contribution in [1.82, 2.24) is 9.80 Å². The summed E-state index contributed by atoms with van der Waals surface area (Å²) >= 11 is 0. The standard InChI is InChI=1S/C16H23N3O2/c1-18(2)12-16-13-19(8-10-21-16)7-9-20-15-5-3-14(11-17)4-6-15/h3-6,16H,7-10,12-13H2,1-2H3/t16-/m0/s1. The Hall–Kier alpha value is -1.61. The smallest absolute Gasteiger partial charge is 0.119 e. The zero-order chi connectivity index (χ0) is 15.1. The second-order valence-corrected chi connectivity index (χ2v) is 5.54. The topological polar surface area (TPSA) is 48.7 Å². The SMILES string of the molecule is CN(C)C[C@H]1CN(CCOc2ccc(C#N)cc2)CCO1. The number of nitriles is 1. The molecule has 1 aliphatic rings. The van der Waals surface area contributed by atoms with Gasteiger partial charge < -0.3 is 14.4 Å². The normalized spacial score (nSPS) is 19.4. The molecule has 0 aliphatic carbocycles. The number of rotatable bonds is 6. The lowest BCUT2D eigenvalue weighted by molar-refractivity contribution is -0.0405. The molecular formula is C16H23N3O2. The van der Waals surface area contributed by atoms with Crippen LogP contribution in [0.1, 0.15) is 5.56 Å². The fourth-order valence-electron chi connectivity index (χ4n) is 2.42. The average molecular weight is 289 g/mol. The molecule has 0 radical (unpaired) electrons. The number of hydrogen-bond acceptors (Lipinski definition) is 5. The molecule has 0 bridgehead atoms. The van der Waals surface area contributed by atoms with E-state index >= 15 is 0 Å². The minimum absolute atomic E-state index is 0.281. The van der Waals surface area contributed by atoms with Crippen molar-refractivity contribution in [3.05, 3.63) is 29.8 Å². The van der Waals surface area contributed by atoms with Gasteiger partial charge in [0.25, 0.3) is 0 Å². The van der Waals surface area contributed by atoms with Gasteiger partial charge in [-0.05, 0) is 38.4 Å². The third kappa shape index (κ3) is 5.35. The number of benzene rings is 1. The summed E-state index contributed by atoms with van der Waals surface area (Å²) < 4.78 is 11.5. The second-order valence-electron chi connectivity index (χ2n) is 5.54. The zero-order valence-corrected chi connectivity index (χ0v) is 12.8. The van der Waals surface area contributed by atoms with Gasteiger partial charge in [0, 0.05) is 26.2 Å². The van der Waals surface area contributed by atoms with Gasteiger partial charge in [-0.2, -0.15) is 5.26 Å². The highest BCUT2D eigenvalue weighted by atomic mass is 16.5. The van der Waals surface area contributed by atoms with Crippen molar-refractivity contribution >= 4 is 0 Å². The molecule has 1 aliphatic heterocycles. The van der Waals surface area contributed by atoms with Crippen LogP contribution in [-0.4, -0.2) is 69.4 Å². The molecule has 1 aromatic rings. The van der Waals surface area contributed by atoms with Crippen LogP contribution in [0.5, 0.6) is 5.75 Å². The van der Waals surface area contributed by atoms with E-state index in [9.17, 15) is 0 Å². The number of morpholine rings is 1. The number of nitrogens with zero attached hydrogens (tertiary/aromatic N) is 3. The monoisotopic (exact) mass is 289 g/mol. The summed E-state index contributed by atoms with van der Waals surface area (Å²) in [6.07, 6.45) is 0.281. The third-order valence-electron chi connectivity index (χ3n) is 3.45. The molecule has 5 heteroatoms. The Kier molecular flexibility index (Phi) is 6.00. The summed E-state index contributed by atoms with van der Waals surface area (Å²) in [5.74, 6) is 0.812. The first-order chi connectivity index (χ1) is 10.2. The molecule has 1 aromatic carbocycles. The van der Waals surface area contributed by atoms with Crippen LogP contribution in [0, 0.1) is 11.3 Å². The van der Waals surface area contributed by atoms with Crippen LogP contribution in [0.15, 0.2) is 24.3 Å². The predicted octanol–water partition coefficient (Wildman–Crippen LogP) is 1.20. The van der Waals surface area contributed by atoms with Gasteiger partial charge in [0.2, 0.25) is 0 Å². The van der Waals surface area contributed by atoms with E-state index in [4.69, 9.17) is 14.7 Å². The first kappa shape index (κ1) is 15.8. The van der Waals surface area contributed by atoms with Crippen LogP contribution >= 0.6 is 0 Å². The average Bonchev–Trinajstić information content (AvgIpc) is 2.48. The molecule has 1 atom stereocenters. The van der Waals surface area contributed by atoms with Crippen molar-refractivity contribution in [1.29, 1.82) is 5.26 Å². The highest BCUT2D eigenvalue weighted by Crippen LogP contribution is 2.12.